The monoisotopic (exact) mass is 433 g/mol. The first-order chi connectivity index (χ1) is 15.4. The fourth-order valence-electron chi connectivity index (χ4n) is 5.23. The van der Waals surface area contributed by atoms with E-state index in [0.29, 0.717) is 19.1 Å². The molecule has 4 rings (SSSR count). The van der Waals surface area contributed by atoms with Crippen LogP contribution in [-0.2, 0) is 4.79 Å². The Balaban J connectivity index is 1.35. The zero-order chi connectivity index (χ0) is 22.7. The highest BCUT2D eigenvalue weighted by Gasteiger charge is 2.21. The van der Waals surface area contributed by atoms with Crippen LogP contribution in [0.15, 0.2) is 36.4 Å². The third-order valence-corrected chi connectivity index (χ3v) is 7.10. The molecule has 5 nitrogen and oxygen atoms in total. The predicted molar refractivity (Wildman–Crippen MR) is 130 cm³/mol. The third-order valence-electron chi connectivity index (χ3n) is 7.10. The topological polar surface area (TPSA) is 45.6 Å². The standard InChI is InChI=1S/C27H35N3O2/c1-20-19-24(21(2)30(20)26-7-5-4-6-8-26)11-14-27(32)29-17-15-28(16-18-29)25-12-9-23(10-13-25)22(3)31/h9-14,19,26H,4-8,15-18H2,1-3H3/b14-11+. The zero-order valence-corrected chi connectivity index (χ0v) is 19.6. The highest BCUT2D eigenvalue weighted by molar-refractivity contribution is 5.94. The molecule has 2 fully saturated rings. The summed E-state index contributed by atoms with van der Waals surface area (Å²) in [4.78, 5) is 28.5. The van der Waals surface area contributed by atoms with Crippen molar-refractivity contribution in [2.75, 3.05) is 31.1 Å². The van der Waals surface area contributed by atoms with E-state index in [2.05, 4.69) is 29.4 Å². The Labute approximate surface area is 191 Å². The normalized spacial score (nSPS) is 17.8. The van der Waals surface area contributed by atoms with Gasteiger partial charge in [-0.05, 0) is 75.6 Å². The fraction of sp³-hybridized carbons (Fsp3) is 0.481. The predicted octanol–water partition coefficient (Wildman–Crippen LogP) is 5.17. The van der Waals surface area contributed by atoms with Gasteiger partial charge in [0.25, 0.3) is 0 Å². The van der Waals surface area contributed by atoms with Crippen LogP contribution in [0.1, 0.15) is 72.4 Å². The van der Waals surface area contributed by atoms with Crippen molar-refractivity contribution >= 4 is 23.5 Å². The van der Waals surface area contributed by atoms with Gasteiger partial charge in [-0.3, -0.25) is 9.59 Å². The number of piperazine rings is 1. The van der Waals surface area contributed by atoms with Gasteiger partial charge >= 0.3 is 0 Å². The van der Waals surface area contributed by atoms with Crippen molar-refractivity contribution in [2.45, 2.75) is 58.9 Å². The Morgan fingerprint density at radius 1 is 0.938 bits per heavy atom. The first kappa shape index (κ1) is 22.4. The second-order valence-electron chi connectivity index (χ2n) is 9.24. The molecular weight excluding hydrogens is 398 g/mol. The number of ketones is 1. The average molecular weight is 434 g/mol. The van der Waals surface area contributed by atoms with Gasteiger partial charge in [0, 0.05) is 60.9 Å². The third kappa shape index (κ3) is 4.82. The Hall–Kier alpha value is -2.82. The number of nitrogens with zero attached hydrogens (tertiary/aromatic N) is 3. The number of benzene rings is 1. The van der Waals surface area contributed by atoms with Crippen LogP contribution in [-0.4, -0.2) is 47.3 Å². The van der Waals surface area contributed by atoms with Crippen LogP contribution in [0.2, 0.25) is 0 Å². The van der Waals surface area contributed by atoms with Crippen molar-refractivity contribution in [2.24, 2.45) is 0 Å². The first-order valence-electron chi connectivity index (χ1n) is 12.0. The van der Waals surface area contributed by atoms with Crippen LogP contribution in [0, 0.1) is 13.8 Å². The molecule has 2 heterocycles. The van der Waals surface area contributed by atoms with Gasteiger partial charge in [-0.25, -0.2) is 0 Å². The lowest BCUT2D eigenvalue weighted by atomic mass is 9.95. The average Bonchev–Trinajstić information content (AvgIpc) is 3.11. The molecule has 5 heteroatoms. The van der Waals surface area contributed by atoms with Crippen molar-refractivity contribution in [3.63, 3.8) is 0 Å². The highest BCUT2D eigenvalue weighted by Crippen LogP contribution is 2.32. The number of Topliss-reactive ketones (excluding diaryl/α,β-unsaturated/α-hetero) is 1. The number of hydrogen-bond acceptors (Lipinski definition) is 3. The molecular formula is C27H35N3O2. The molecule has 170 valence electrons. The minimum Gasteiger partial charge on any atom is -0.368 e. The van der Waals surface area contributed by atoms with Gasteiger partial charge in [0.1, 0.15) is 0 Å². The first-order valence-corrected chi connectivity index (χ1v) is 12.0. The summed E-state index contributed by atoms with van der Waals surface area (Å²) in [5, 5.41) is 0. The molecule has 0 atom stereocenters. The second-order valence-corrected chi connectivity index (χ2v) is 9.24. The molecule has 2 aromatic rings. The van der Waals surface area contributed by atoms with E-state index in [1.807, 2.05) is 35.2 Å². The lowest BCUT2D eigenvalue weighted by Gasteiger charge is -2.35. The lowest BCUT2D eigenvalue weighted by Crippen LogP contribution is -2.48. The van der Waals surface area contributed by atoms with Crippen molar-refractivity contribution in [3.05, 3.63) is 58.9 Å². The maximum Gasteiger partial charge on any atom is 0.246 e. The molecule has 1 aliphatic carbocycles. The van der Waals surface area contributed by atoms with Crippen LogP contribution in [0.4, 0.5) is 5.69 Å². The molecule has 1 aromatic heterocycles. The fourth-order valence-corrected chi connectivity index (χ4v) is 5.23. The van der Waals surface area contributed by atoms with Gasteiger partial charge in [0.15, 0.2) is 5.78 Å². The van der Waals surface area contributed by atoms with Gasteiger partial charge in [-0.2, -0.15) is 0 Å². The maximum atomic E-state index is 12.8. The van der Waals surface area contributed by atoms with E-state index in [1.165, 1.54) is 43.5 Å². The summed E-state index contributed by atoms with van der Waals surface area (Å²) in [5.74, 6) is 0.164. The van der Waals surface area contributed by atoms with E-state index < -0.39 is 0 Å². The van der Waals surface area contributed by atoms with Crippen LogP contribution in [0.25, 0.3) is 6.08 Å². The molecule has 0 bridgehead atoms. The molecule has 2 aliphatic rings. The zero-order valence-electron chi connectivity index (χ0n) is 19.6. The minimum atomic E-state index is 0.0817. The van der Waals surface area contributed by atoms with Crippen LogP contribution < -0.4 is 4.90 Å². The number of amides is 1. The number of anilines is 1. The smallest absolute Gasteiger partial charge is 0.246 e. The van der Waals surface area contributed by atoms with Crippen molar-refractivity contribution in [1.82, 2.24) is 9.47 Å². The Bertz CT molecular complexity index is 989. The largest absolute Gasteiger partial charge is 0.368 e. The van der Waals surface area contributed by atoms with Crippen LogP contribution >= 0.6 is 0 Å². The molecule has 0 unspecified atom stereocenters. The lowest BCUT2D eigenvalue weighted by molar-refractivity contribution is -0.126. The molecule has 0 N–H and O–H groups in total. The minimum absolute atomic E-state index is 0.0817. The number of rotatable bonds is 5. The molecule has 0 spiro atoms. The van der Waals surface area contributed by atoms with E-state index in [9.17, 15) is 9.59 Å². The Morgan fingerprint density at radius 3 is 2.22 bits per heavy atom. The summed E-state index contributed by atoms with van der Waals surface area (Å²) in [6.07, 6.45) is 10.3. The quantitative estimate of drug-likeness (QED) is 0.482. The van der Waals surface area contributed by atoms with E-state index >= 15 is 0 Å². The van der Waals surface area contributed by atoms with Gasteiger partial charge in [0.2, 0.25) is 5.91 Å². The summed E-state index contributed by atoms with van der Waals surface area (Å²) >= 11 is 0. The number of aryl methyl sites for hydroxylation is 1. The summed E-state index contributed by atoms with van der Waals surface area (Å²) in [7, 11) is 0. The van der Waals surface area contributed by atoms with Crippen LogP contribution in [0.5, 0.6) is 0 Å². The molecule has 1 aliphatic heterocycles. The van der Waals surface area contributed by atoms with E-state index in [-0.39, 0.29) is 11.7 Å². The summed E-state index contributed by atoms with van der Waals surface area (Å²) < 4.78 is 2.49. The van der Waals surface area contributed by atoms with Gasteiger partial charge in [-0.1, -0.05) is 19.3 Å². The maximum absolute atomic E-state index is 12.8. The van der Waals surface area contributed by atoms with Gasteiger partial charge in [-0.15, -0.1) is 0 Å². The van der Waals surface area contributed by atoms with Gasteiger partial charge in [0.05, 0.1) is 0 Å². The molecule has 1 saturated carbocycles. The molecule has 1 saturated heterocycles. The molecule has 0 radical (unpaired) electrons. The molecule has 32 heavy (non-hydrogen) atoms. The van der Waals surface area contributed by atoms with Crippen molar-refractivity contribution < 1.29 is 9.59 Å². The number of aromatic nitrogens is 1. The molecule has 1 amide bonds. The van der Waals surface area contributed by atoms with E-state index in [0.717, 1.165) is 29.9 Å². The summed E-state index contributed by atoms with van der Waals surface area (Å²) in [6, 6.07) is 10.6. The van der Waals surface area contributed by atoms with Crippen LogP contribution in [0.3, 0.4) is 0 Å². The highest BCUT2D eigenvalue weighted by atomic mass is 16.2. The van der Waals surface area contributed by atoms with Crippen molar-refractivity contribution in [3.8, 4) is 0 Å². The second kappa shape index (κ2) is 9.76. The molecule has 1 aromatic carbocycles. The Morgan fingerprint density at radius 2 is 1.59 bits per heavy atom. The van der Waals surface area contributed by atoms with E-state index in [4.69, 9.17) is 0 Å². The summed E-state index contributed by atoms with van der Waals surface area (Å²) in [5.41, 5.74) is 5.57. The number of carbonyl (C=O) groups is 2. The SMILES string of the molecule is CC(=O)c1ccc(N2CCN(C(=O)/C=C/c3cc(C)n(C4CCCCC4)c3C)CC2)cc1. The van der Waals surface area contributed by atoms with Crippen molar-refractivity contribution in [1.29, 1.82) is 0 Å². The van der Waals surface area contributed by atoms with Gasteiger partial charge < -0.3 is 14.4 Å². The Kier molecular flexibility index (Phi) is 6.83. The summed E-state index contributed by atoms with van der Waals surface area (Å²) in [6.45, 7) is 8.97. The van der Waals surface area contributed by atoms with E-state index in [1.54, 1.807) is 13.0 Å². The number of hydrogen-bond donors (Lipinski definition) is 0. The number of carbonyl (C=O) groups excluding carboxylic acids is 2.